The standard InChI is InChI=1S/C20H26N2O2/c1-13(2)18-11-15(14(3)9-19(18)24-4)10-16(12-21)20(23)22-17-7-5-6-8-17/h9-11,13,17H,5-8H2,1-4H3,(H,22,23). The van der Waals surface area contributed by atoms with E-state index < -0.39 is 0 Å². The number of hydrogen-bond acceptors (Lipinski definition) is 3. The maximum atomic E-state index is 12.4. The number of nitrogens with one attached hydrogen (secondary N) is 1. The van der Waals surface area contributed by atoms with E-state index in [0.717, 1.165) is 48.1 Å². The monoisotopic (exact) mass is 326 g/mol. The molecule has 1 N–H and O–H groups in total. The molecular weight excluding hydrogens is 300 g/mol. The third-order valence-corrected chi connectivity index (χ3v) is 4.60. The quantitative estimate of drug-likeness (QED) is 0.655. The molecule has 0 unspecified atom stereocenters. The Bertz CT molecular complexity index is 678. The Kier molecular flexibility index (Phi) is 6.03. The van der Waals surface area contributed by atoms with Gasteiger partial charge in [0.1, 0.15) is 17.4 Å². The minimum absolute atomic E-state index is 0.157. The molecule has 0 saturated heterocycles. The van der Waals surface area contributed by atoms with Crippen molar-refractivity contribution in [2.24, 2.45) is 0 Å². The number of nitriles is 1. The van der Waals surface area contributed by atoms with Crippen molar-refractivity contribution in [3.8, 4) is 11.8 Å². The number of amides is 1. The molecule has 1 amide bonds. The van der Waals surface area contributed by atoms with Crippen molar-refractivity contribution in [1.29, 1.82) is 5.26 Å². The highest BCUT2D eigenvalue weighted by molar-refractivity contribution is 6.02. The van der Waals surface area contributed by atoms with Crippen LogP contribution in [0, 0.1) is 18.3 Å². The lowest BCUT2D eigenvalue weighted by Crippen LogP contribution is -2.33. The highest BCUT2D eigenvalue weighted by atomic mass is 16.5. The number of nitrogens with zero attached hydrogens (tertiary/aromatic N) is 1. The molecule has 1 aromatic carbocycles. The molecule has 0 bridgehead atoms. The van der Waals surface area contributed by atoms with Crippen LogP contribution in [0.15, 0.2) is 17.7 Å². The lowest BCUT2D eigenvalue weighted by molar-refractivity contribution is -0.117. The number of ether oxygens (including phenoxy) is 1. The molecule has 0 aromatic heterocycles. The first kappa shape index (κ1) is 18.1. The average molecular weight is 326 g/mol. The van der Waals surface area contributed by atoms with Gasteiger partial charge < -0.3 is 10.1 Å². The van der Waals surface area contributed by atoms with Crippen LogP contribution in [0.3, 0.4) is 0 Å². The van der Waals surface area contributed by atoms with E-state index in [-0.39, 0.29) is 17.5 Å². The van der Waals surface area contributed by atoms with Gasteiger partial charge in [0.25, 0.3) is 5.91 Å². The average Bonchev–Trinajstić information content (AvgIpc) is 3.05. The summed E-state index contributed by atoms with van der Waals surface area (Å²) in [7, 11) is 1.66. The largest absolute Gasteiger partial charge is 0.496 e. The maximum absolute atomic E-state index is 12.4. The molecule has 0 aliphatic heterocycles. The van der Waals surface area contributed by atoms with Crippen LogP contribution in [0.4, 0.5) is 0 Å². The molecule has 0 radical (unpaired) electrons. The van der Waals surface area contributed by atoms with E-state index in [0.29, 0.717) is 5.92 Å². The van der Waals surface area contributed by atoms with Crippen LogP contribution in [0.1, 0.15) is 62.1 Å². The topological polar surface area (TPSA) is 62.1 Å². The van der Waals surface area contributed by atoms with Gasteiger partial charge in [-0.2, -0.15) is 5.26 Å². The Morgan fingerprint density at radius 1 is 1.38 bits per heavy atom. The van der Waals surface area contributed by atoms with Gasteiger partial charge in [-0.1, -0.05) is 26.7 Å². The van der Waals surface area contributed by atoms with Crippen molar-refractivity contribution in [1.82, 2.24) is 5.32 Å². The van der Waals surface area contributed by atoms with Gasteiger partial charge >= 0.3 is 0 Å². The van der Waals surface area contributed by atoms with E-state index in [1.807, 2.05) is 25.1 Å². The molecule has 24 heavy (non-hydrogen) atoms. The summed E-state index contributed by atoms with van der Waals surface area (Å²) in [5, 5.41) is 12.4. The molecule has 1 aliphatic carbocycles. The van der Waals surface area contributed by atoms with Crippen LogP contribution in [0.5, 0.6) is 5.75 Å². The van der Waals surface area contributed by atoms with Crippen molar-refractivity contribution in [2.45, 2.75) is 58.4 Å². The summed E-state index contributed by atoms with van der Waals surface area (Å²) in [6.45, 7) is 6.15. The third kappa shape index (κ3) is 4.17. The van der Waals surface area contributed by atoms with Gasteiger partial charge in [0.2, 0.25) is 0 Å². The van der Waals surface area contributed by atoms with Crippen molar-refractivity contribution < 1.29 is 9.53 Å². The summed E-state index contributed by atoms with van der Waals surface area (Å²) in [5.74, 6) is 0.866. The molecule has 1 saturated carbocycles. The fraction of sp³-hybridized carbons (Fsp3) is 0.500. The second-order valence-electron chi connectivity index (χ2n) is 6.73. The molecule has 2 rings (SSSR count). The summed E-state index contributed by atoms with van der Waals surface area (Å²) in [5.41, 5.74) is 3.10. The van der Waals surface area contributed by atoms with Gasteiger partial charge in [-0.15, -0.1) is 0 Å². The Labute approximate surface area is 144 Å². The number of carbonyl (C=O) groups excluding carboxylic acids is 1. The normalized spacial score (nSPS) is 15.4. The molecule has 1 aliphatic rings. The first-order valence-electron chi connectivity index (χ1n) is 8.57. The van der Waals surface area contributed by atoms with E-state index in [1.165, 1.54) is 0 Å². The number of methoxy groups -OCH3 is 1. The number of hydrogen-bond donors (Lipinski definition) is 1. The lowest BCUT2D eigenvalue weighted by Gasteiger charge is -2.15. The summed E-state index contributed by atoms with van der Waals surface area (Å²) in [4.78, 5) is 12.4. The fourth-order valence-electron chi connectivity index (χ4n) is 3.14. The zero-order valence-corrected chi connectivity index (χ0v) is 15.0. The first-order valence-corrected chi connectivity index (χ1v) is 8.57. The highest BCUT2D eigenvalue weighted by Gasteiger charge is 2.19. The molecule has 0 heterocycles. The Balaban J connectivity index is 2.31. The van der Waals surface area contributed by atoms with Crippen molar-refractivity contribution in [2.75, 3.05) is 7.11 Å². The SMILES string of the molecule is COc1cc(C)c(C=C(C#N)C(=O)NC2CCCC2)cc1C(C)C. The maximum Gasteiger partial charge on any atom is 0.262 e. The van der Waals surface area contributed by atoms with E-state index in [1.54, 1.807) is 13.2 Å². The van der Waals surface area contributed by atoms with E-state index in [2.05, 4.69) is 19.2 Å². The second-order valence-corrected chi connectivity index (χ2v) is 6.73. The molecule has 0 atom stereocenters. The van der Waals surface area contributed by atoms with Crippen LogP contribution in [-0.2, 0) is 4.79 Å². The van der Waals surface area contributed by atoms with Crippen LogP contribution >= 0.6 is 0 Å². The summed E-state index contributed by atoms with van der Waals surface area (Å²) in [6, 6.07) is 6.23. The predicted octanol–water partition coefficient (Wildman–Crippen LogP) is 4.09. The molecule has 4 nitrogen and oxygen atoms in total. The van der Waals surface area contributed by atoms with Gasteiger partial charge in [-0.25, -0.2) is 0 Å². The third-order valence-electron chi connectivity index (χ3n) is 4.60. The van der Waals surface area contributed by atoms with Crippen LogP contribution in [0.25, 0.3) is 6.08 Å². The predicted molar refractivity (Wildman–Crippen MR) is 95.8 cm³/mol. The Morgan fingerprint density at radius 2 is 2.04 bits per heavy atom. The zero-order chi connectivity index (χ0) is 17.7. The van der Waals surface area contributed by atoms with Crippen LogP contribution < -0.4 is 10.1 Å². The minimum Gasteiger partial charge on any atom is -0.496 e. The summed E-state index contributed by atoms with van der Waals surface area (Å²) >= 11 is 0. The molecule has 1 fully saturated rings. The van der Waals surface area contributed by atoms with Crippen molar-refractivity contribution in [3.63, 3.8) is 0 Å². The van der Waals surface area contributed by atoms with Crippen LogP contribution in [-0.4, -0.2) is 19.1 Å². The number of benzene rings is 1. The second kappa shape index (κ2) is 8.01. The Hall–Kier alpha value is -2.28. The van der Waals surface area contributed by atoms with Gasteiger partial charge in [-0.05, 0) is 60.6 Å². The van der Waals surface area contributed by atoms with E-state index >= 15 is 0 Å². The zero-order valence-electron chi connectivity index (χ0n) is 15.0. The Morgan fingerprint density at radius 3 is 2.58 bits per heavy atom. The van der Waals surface area contributed by atoms with E-state index in [9.17, 15) is 10.1 Å². The van der Waals surface area contributed by atoms with Gasteiger partial charge in [0, 0.05) is 6.04 Å². The first-order chi connectivity index (χ1) is 11.5. The molecule has 4 heteroatoms. The van der Waals surface area contributed by atoms with Crippen LogP contribution in [0.2, 0.25) is 0 Å². The minimum atomic E-state index is -0.272. The molecule has 0 spiro atoms. The summed E-state index contributed by atoms with van der Waals surface area (Å²) < 4.78 is 5.44. The highest BCUT2D eigenvalue weighted by Crippen LogP contribution is 2.30. The number of rotatable bonds is 5. The smallest absolute Gasteiger partial charge is 0.262 e. The van der Waals surface area contributed by atoms with Crippen molar-refractivity contribution in [3.05, 3.63) is 34.4 Å². The lowest BCUT2D eigenvalue weighted by atomic mass is 9.95. The number of aryl methyl sites for hydroxylation is 1. The van der Waals surface area contributed by atoms with Gasteiger partial charge in [-0.3, -0.25) is 4.79 Å². The number of carbonyl (C=O) groups is 1. The van der Waals surface area contributed by atoms with Gasteiger partial charge in [0.15, 0.2) is 0 Å². The molecular formula is C20H26N2O2. The van der Waals surface area contributed by atoms with Crippen molar-refractivity contribution >= 4 is 12.0 Å². The molecule has 1 aromatic rings. The summed E-state index contributed by atoms with van der Waals surface area (Å²) in [6.07, 6.45) is 5.98. The molecule has 128 valence electrons. The van der Waals surface area contributed by atoms with E-state index in [4.69, 9.17) is 4.74 Å². The van der Waals surface area contributed by atoms with Gasteiger partial charge in [0.05, 0.1) is 7.11 Å². The fourth-order valence-corrected chi connectivity index (χ4v) is 3.14.